The van der Waals surface area contributed by atoms with Crippen LogP contribution in [0, 0.1) is 0 Å². The minimum atomic E-state index is 0.750. The van der Waals surface area contributed by atoms with E-state index in [1.54, 1.807) is 0 Å². The van der Waals surface area contributed by atoms with E-state index in [1.165, 1.54) is 13.3 Å². The predicted octanol–water partition coefficient (Wildman–Crippen LogP) is 0.492. The zero-order chi connectivity index (χ0) is 9.11. The van der Waals surface area contributed by atoms with Gasteiger partial charge < -0.3 is 15.4 Å². The lowest BCUT2D eigenvalue weighted by Crippen LogP contribution is -2.14. The first-order chi connectivity index (χ1) is 5.18. The van der Waals surface area contributed by atoms with E-state index in [9.17, 15) is 0 Å². The highest BCUT2D eigenvalue weighted by atomic mass is 16.1. The van der Waals surface area contributed by atoms with Crippen molar-refractivity contribution in [3.8, 4) is 0 Å². The second kappa shape index (κ2) is 12.3. The first kappa shape index (κ1) is 13.2. The van der Waals surface area contributed by atoms with Crippen LogP contribution in [0.1, 0.15) is 19.8 Å². The first-order valence-corrected chi connectivity index (χ1v) is 3.93. The molecule has 3 heteroatoms. The zero-order valence-corrected chi connectivity index (χ0v) is 7.84. The molecule has 0 fully saturated rings. The van der Waals surface area contributed by atoms with Crippen LogP contribution in [0.3, 0.4) is 0 Å². The summed E-state index contributed by atoms with van der Waals surface area (Å²) in [4.78, 5) is 11.0. The summed E-state index contributed by atoms with van der Waals surface area (Å²) in [6.07, 6.45) is 3.13. The molecule has 0 heterocycles. The van der Waals surface area contributed by atoms with Gasteiger partial charge in [0.1, 0.15) is 6.29 Å². The number of carbonyl (C=O) groups excluding carboxylic acids is 1. The van der Waals surface area contributed by atoms with Gasteiger partial charge in [0, 0.05) is 0 Å². The van der Waals surface area contributed by atoms with E-state index in [0.29, 0.717) is 0 Å². The summed E-state index contributed by atoms with van der Waals surface area (Å²) < 4.78 is 0. The summed E-state index contributed by atoms with van der Waals surface area (Å²) in [7, 11) is 4.16. The van der Waals surface area contributed by atoms with Gasteiger partial charge in [-0.2, -0.15) is 0 Å². The lowest BCUT2D eigenvalue weighted by molar-refractivity contribution is -0.106. The van der Waals surface area contributed by atoms with E-state index in [0.717, 1.165) is 25.8 Å². The highest BCUT2D eigenvalue weighted by Crippen LogP contribution is 1.86. The maximum atomic E-state index is 8.81. The van der Waals surface area contributed by atoms with Crippen LogP contribution in [0.4, 0.5) is 0 Å². The third kappa shape index (κ3) is 26.2. The van der Waals surface area contributed by atoms with Crippen LogP contribution in [-0.2, 0) is 4.79 Å². The van der Waals surface area contributed by atoms with Crippen molar-refractivity contribution < 1.29 is 4.79 Å². The Morgan fingerprint density at radius 3 is 2.09 bits per heavy atom. The SMILES string of the molecule is CC=O.CN(C)CCCCN. The number of rotatable bonds is 4. The molecule has 0 aliphatic rings. The Hall–Kier alpha value is -0.410. The van der Waals surface area contributed by atoms with Crippen molar-refractivity contribution in [3.63, 3.8) is 0 Å². The summed E-state index contributed by atoms with van der Waals surface area (Å²) >= 11 is 0. The summed E-state index contributed by atoms with van der Waals surface area (Å²) in [5.74, 6) is 0. The molecule has 11 heavy (non-hydrogen) atoms. The average Bonchev–Trinajstić information content (AvgIpc) is 1.89. The van der Waals surface area contributed by atoms with Crippen molar-refractivity contribution in [3.05, 3.63) is 0 Å². The number of unbranched alkanes of at least 4 members (excludes halogenated alkanes) is 1. The van der Waals surface area contributed by atoms with Crippen LogP contribution in [0.5, 0.6) is 0 Å². The molecule has 0 rings (SSSR count). The summed E-state index contributed by atoms with van der Waals surface area (Å²) in [6, 6.07) is 0. The highest BCUT2D eigenvalue weighted by molar-refractivity contribution is 5.44. The normalized spacial score (nSPS) is 8.82. The lowest BCUT2D eigenvalue weighted by atomic mass is 10.3. The van der Waals surface area contributed by atoms with E-state index in [-0.39, 0.29) is 0 Å². The summed E-state index contributed by atoms with van der Waals surface area (Å²) in [5.41, 5.74) is 5.30. The van der Waals surface area contributed by atoms with E-state index in [4.69, 9.17) is 10.5 Å². The van der Waals surface area contributed by atoms with E-state index >= 15 is 0 Å². The molecule has 2 N–H and O–H groups in total. The van der Waals surface area contributed by atoms with Crippen LogP contribution < -0.4 is 5.73 Å². The van der Waals surface area contributed by atoms with Crippen LogP contribution in [0.25, 0.3) is 0 Å². The Balaban J connectivity index is 0. The third-order valence-corrected chi connectivity index (χ3v) is 1.06. The minimum absolute atomic E-state index is 0.750. The summed E-state index contributed by atoms with van der Waals surface area (Å²) in [6.45, 7) is 3.44. The van der Waals surface area contributed by atoms with Crippen LogP contribution in [0.15, 0.2) is 0 Å². The van der Waals surface area contributed by atoms with Crippen molar-refractivity contribution in [1.29, 1.82) is 0 Å². The number of aldehydes is 1. The molecule has 0 aromatic rings. The van der Waals surface area contributed by atoms with Crippen LogP contribution in [-0.4, -0.2) is 38.4 Å². The van der Waals surface area contributed by atoms with E-state index < -0.39 is 0 Å². The van der Waals surface area contributed by atoms with Gasteiger partial charge >= 0.3 is 0 Å². The van der Waals surface area contributed by atoms with Crippen molar-refractivity contribution >= 4 is 6.29 Å². The van der Waals surface area contributed by atoms with Gasteiger partial charge in [-0.05, 0) is 47.0 Å². The molecule has 0 aliphatic carbocycles. The standard InChI is InChI=1S/C6H16N2.C2H4O/c1-8(2)6-4-3-5-7;1-2-3/h3-7H2,1-2H3;2H,1H3. The second-order valence-corrected chi connectivity index (χ2v) is 2.53. The van der Waals surface area contributed by atoms with Gasteiger partial charge in [-0.1, -0.05) is 0 Å². The molecule has 0 aromatic heterocycles. The molecule has 0 atom stereocenters. The van der Waals surface area contributed by atoms with Crippen molar-refractivity contribution in [2.24, 2.45) is 5.73 Å². The molecular formula is C8H20N2O. The molecule has 0 bridgehead atoms. The van der Waals surface area contributed by atoms with Gasteiger partial charge in [-0.15, -0.1) is 0 Å². The second-order valence-electron chi connectivity index (χ2n) is 2.53. The Morgan fingerprint density at radius 2 is 1.82 bits per heavy atom. The Labute approximate surface area is 69.6 Å². The van der Waals surface area contributed by atoms with E-state index in [2.05, 4.69) is 19.0 Å². The molecule has 0 radical (unpaired) electrons. The Morgan fingerprint density at radius 1 is 1.36 bits per heavy atom. The molecule has 0 aliphatic heterocycles. The highest BCUT2D eigenvalue weighted by Gasteiger charge is 1.86. The van der Waals surface area contributed by atoms with Crippen molar-refractivity contribution in [2.75, 3.05) is 27.2 Å². The maximum absolute atomic E-state index is 8.81. The average molecular weight is 160 g/mol. The monoisotopic (exact) mass is 160 g/mol. The van der Waals surface area contributed by atoms with Crippen molar-refractivity contribution in [2.45, 2.75) is 19.8 Å². The topological polar surface area (TPSA) is 46.3 Å². The number of nitrogens with two attached hydrogens (primary N) is 1. The number of nitrogens with zero attached hydrogens (tertiary/aromatic N) is 1. The van der Waals surface area contributed by atoms with Crippen molar-refractivity contribution in [1.82, 2.24) is 4.90 Å². The van der Waals surface area contributed by atoms with Crippen LogP contribution in [0.2, 0.25) is 0 Å². The van der Waals surface area contributed by atoms with Gasteiger partial charge in [0.15, 0.2) is 0 Å². The molecular weight excluding hydrogens is 140 g/mol. The van der Waals surface area contributed by atoms with Gasteiger partial charge in [0.05, 0.1) is 0 Å². The van der Waals surface area contributed by atoms with Crippen LogP contribution >= 0.6 is 0 Å². The quantitative estimate of drug-likeness (QED) is 0.481. The molecule has 0 amide bonds. The fourth-order valence-corrected chi connectivity index (χ4v) is 0.572. The van der Waals surface area contributed by atoms with Gasteiger partial charge in [0.2, 0.25) is 0 Å². The molecule has 68 valence electrons. The maximum Gasteiger partial charge on any atom is 0.116 e. The summed E-state index contributed by atoms with van der Waals surface area (Å²) in [5, 5.41) is 0. The number of hydrogen-bond acceptors (Lipinski definition) is 3. The minimum Gasteiger partial charge on any atom is -0.330 e. The van der Waals surface area contributed by atoms with E-state index in [1.807, 2.05) is 0 Å². The molecule has 0 saturated carbocycles. The number of carbonyl (C=O) groups is 1. The molecule has 0 aromatic carbocycles. The Bertz CT molecular complexity index is 74.5. The fourth-order valence-electron chi connectivity index (χ4n) is 0.572. The molecule has 3 nitrogen and oxygen atoms in total. The number of hydrogen-bond donors (Lipinski definition) is 1. The Kier molecular flexibility index (Phi) is 14.7. The zero-order valence-electron chi connectivity index (χ0n) is 7.84. The fraction of sp³-hybridized carbons (Fsp3) is 0.875. The third-order valence-electron chi connectivity index (χ3n) is 1.06. The first-order valence-electron chi connectivity index (χ1n) is 3.93. The van der Waals surface area contributed by atoms with Gasteiger partial charge in [-0.25, -0.2) is 0 Å². The smallest absolute Gasteiger partial charge is 0.116 e. The predicted molar refractivity (Wildman–Crippen MR) is 48.6 cm³/mol. The molecule has 0 unspecified atom stereocenters. The van der Waals surface area contributed by atoms with Gasteiger partial charge in [0.25, 0.3) is 0 Å². The lowest BCUT2D eigenvalue weighted by Gasteiger charge is -2.06. The molecule has 0 saturated heterocycles. The van der Waals surface area contributed by atoms with Gasteiger partial charge in [-0.3, -0.25) is 0 Å². The molecule has 0 spiro atoms. The largest absolute Gasteiger partial charge is 0.330 e.